The molecule has 0 spiro atoms. The molecule has 6 nitrogen and oxygen atoms in total. The van der Waals surface area contributed by atoms with Crippen LogP contribution in [-0.2, 0) is 4.74 Å². The fraction of sp³-hybridized carbons (Fsp3) is 0.571. The maximum absolute atomic E-state index is 11.4. The molecule has 1 aromatic rings. The van der Waals surface area contributed by atoms with Crippen molar-refractivity contribution in [3.8, 4) is 0 Å². The smallest absolute Gasteiger partial charge is 0.407 e. The predicted octanol–water partition coefficient (Wildman–Crippen LogP) is 1.87. The minimum Gasteiger partial charge on any atom is -0.444 e. The average Bonchev–Trinajstić information content (AvgIpc) is 2.83. The average molecular weight is 315 g/mol. The van der Waals surface area contributed by atoms with E-state index in [-0.39, 0.29) is 13.0 Å². The molecule has 0 aromatic carbocycles. The first kappa shape index (κ1) is 17.6. The van der Waals surface area contributed by atoms with Gasteiger partial charge in [-0.3, -0.25) is 4.79 Å². The van der Waals surface area contributed by atoms with Gasteiger partial charge in [0.15, 0.2) is 6.29 Å². The summed E-state index contributed by atoms with van der Waals surface area (Å²) in [5, 5.41) is 25.6. The van der Waals surface area contributed by atoms with E-state index in [1.54, 1.807) is 31.5 Å². The van der Waals surface area contributed by atoms with Crippen LogP contribution < -0.4 is 5.32 Å². The van der Waals surface area contributed by atoms with Crippen LogP contribution in [0.3, 0.4) is 0 Å². The van der Waals surface area contributed by atoms with E-state index < -0.39 is 23.9 Å². The van der Waals surface area contributed by atoms with E-state index in [1.165, 1.54) is 11.3 Å². The summed E-state index contributed by atoms with van der Waals surface area (Å²) < 4.78 is 5.05. The Labute approximate surface area is 127 Å². The monoisotopic (exact) mass is 315 g/mol. The Kier molecular flexibility index (Phi) is 6.32. The second-order valence-corrected chi connectivity index (χ2v) is 6.37. The molecule has 118 valence electrons. The van der Waals surface area contributed by atoms with Crippen LogP contribution in [0.25, 0.3) is 0 Å². The largest absolute Gasteiger partial charge is 0.444 e. The SMILES string of the molecule is CC(C)(C)OC(=O)NCCC(O)C(O)c1cscc1C=O. The van der Waals surface area contributed by atoms with Crippen LogP contribution in [0.2, 0.25) is 0 Å². The van der Waals surface area contributed by atoms with E-state index in [9.17, 15) is 19.8 Å². The van der Waals surface area contributed by atoms with Gasteiger partial charge in [-0.05, 0) is 32.6 Å². The van der Waals surface area contributed by atoms with Gasteiger partial charge in [0.2, 0.25) is 0 Å². The predicted molar refractivity (Wildman–Crippen MR) is 79.5 cm³/mol. The maximum atomic E-state index is 11.4. The number of ether oxygens (including phenoxy) is 1. The molecule has 0 radical (unpaired) electrons. The summed E-state index contributed by atoms with van der Waals surface area (Å²) >= 11 is 1.28. The number of thiophene rings is 1. The second kappa shape index (κ2) is 7.53. The quantitative estimate of drug-likeness (QED) is 0.697. The summed E-state index contributed by atoms with van der Waals surface area (Å²) in [4.78, 5) is 22.2. The molecule has 1 rings (SSSR count). The van der Waals surface area contributed by atoms with Gasteiger partial charge >= 0.3 is 6.09 Å². The van der Waals surface area contributed by atoms with Crippen LogP contribution in [0, 0.1) is 0 Å². The van der Waals surface area contributed by atoms with Gasteiger partial charge in [0.05, 0.1) is 6.10 Å². The van der Waals surface area contributed by atoms with Crippen LogP contribution in [-0.4, -0.2) is 40.8 Å². The third-order valence-corrected chi connectivity index (χ3v) is 3.42. The minimum atomic E-state index is -1.16. The van der Waals surface area contributed by atoms with Gasteiger partial charge < -0.3 is 20.3 Å². The summed E-state index contributed by atoms with van der Waals surface area (Å²) in [6, 6.07) is 0. The number of nitrogens with one attached hydrogen (secondary N) is 1. The zero-order chi connectivity index (χ0) is 16.0. The second-order valence-electron chi connectivity index (χ2n) is 5.63. The fourth-order valence-electron chi connectivity index (χ4n) is 1.65. The lowest BCUT2D eigenvalue weighted by atomic mass is 10.0. The Morgan fingerprint density at radius 3 is 2.67 bits per heavy atom. The van der Waals surface area contributed by atoms with E-state index in [2.05, 4.69) is 5.32 Å². The number of aldehydes is 1. The van der Waals surface area contributed by atoms with Crippen LogP contribution in [0.1, 0.15) is 49.2 Å². The van der Waals surface area contributed by atoms with Crippen molar-refractivity contribution in [2.75, 3.05) is 6.54 Å². The first-order valence-corrected chi connectivity index (χ1v) is 7.53. The zero-order valence-electron chi connectivity index (χ0n) is 12.3. The lowest BCUT2D eigenvalue weighted by Crippen LogP contribution is -2.34. The van der Waals surface area contributed by atoms with Crippen molar-refractivity contribution < 1.29 is 24.5 Å². The minimum absolute atomic E-state index is 0.147. The molecule has 0 aliphatic heterocycles. The molecule has 1 heterocycles. The molecule has 1 aromatic heterocycles. The summed E-state index contributed by atoms with van der Waals surface area (Å²) in [7, 11) is 0. The van der Waals surface area contributed by atoms with E-state index in [1.807, 2.05) is 0 Å². The van der Waals surface area contributed by atoms with Crippen molar-refractivity contribution in [1.82, 2.24) is 5.32 Å². The van der Waals surface area contributed by atoms with Crippen molar-refractivity contribution >= 4 is 23.7 Å². The van der Waals surface area contributed by atoms with Crippen molar-refractivity contribution in [1.29, 1.82) is 0 Å². The molecule has 21 heavy (non-hydrogen) atoms. The first-order chi connectivity index (χ1) is 9.74. The number of aliphatic hydroxyl groups excluding tert-OH is 2. The highest BCUT2D eigenvalue weighted by atomic mass is 32.1. The lowest BCUT2D eigenvalue weighted by molar-refractivity contribution is 0.0123. The molecule has 2 unspecified atom stereocenters. The highest BCUT2D eigenvalue weighted by Gasteiger charge is 2.22. The number of carbonyl (C=O) groups is 2. The Bertz CT molecular complexity index is 480. The van der Waals surface area contributed by atoms with Crippen molar-refractivity contribution in [2.45, 2.75) is 45.0 Å². The molecule has 0 aliphatic carbocycles. The van der Waals surface area contributed by atoms with E-state index in [4.69, 9.17) is 4.74 Å². The third kappa shape index (κ3) is 5.82. The van der Waals surface area contributed by atoms with Crippen molar-refractivity contribution in [2.24, 2.45) is 0 Å². The summed E-state index contributed by atoms with van der Waals surface area (Å²) in [6.07, 6.45) is -2.02. The normalized spacial score (nSPS) is 14.3. The lowest BCUT2D eigenvalue weighted by Gasteiger charge is -2.21. The van der Waals surface area contributed by atoms with Gasteiger partial charge in [-0.25, -0.2) is 4.79 Å². The molecule has 7 heteroatoms. The highest BCUT2D eigenvalue weighted by molar-refractivity contribution is 7.08. The van der Waals surface area contributed by atoms with Crippen molar-refractivity contribution in [3.05, 3.63) is 21.9 Å². The Morgan fingerprint density at radius 1 is 1.43 bits per heavy atom. The van der Waals surface area contributed by atoms with Crippen molar-refractivity contribution in [3.63, 3.8) is 0 Å². The van der Waals surface area contributed by atoms with E-state index in [0.29, 0.717) is 17.4 Å². The highest BCUT2D eigenvalue weighted by Crippen LogP contribution is 2.24. The summed E-state index contributed by atoms with van der Waals surface area (Å²) in [6.45, 7) is 5.42. The Balaban J connectivity index is 2.42. The standard InChI is InChI=1S/C14H21NO5S/c1-14(2,3)20-13(19)15-5-4-11(17)12(18)10-8-21-7-9(10)6-16/h6-8,11-12,17-18H,4-5H2,1-3H3,(H,15,19). The van der Waals surface area contributed by atoms with Crippen LogP contribution in [0.4, 0.5) is 4.79 Å². The third-order valence-electron chi connectivity index (χ3n) is 2.64. The molecule has 0 saturated heterocycles. The Hall–Kier alpha value is -1.44. The van der Waals surface area contributed by atoms with Gasteiger partial charge in [-0.15, -0.1) is 0 Å². The molecule has 0 saturated carbocycles. The molecular weight excluding hydrogens is 294 g/mol. The molecule has 0 fully saturated rings. The summed E-state index contributed by atoms with van der Waals surface area (Å²) in [5.41, 5.74) is 0.184. The summed E-state index contributed by atoms with van der Waals surface area (Å²) in [5.74, 6) is 0. The number of amides is 1. The zero-order valence-corrected chi connectivity index (χ0v) is 13.1. The molecule has 0 bridgehead atoms. The number of rotatable bonds is 6. The van der Waals surface area contributed by atoms with Gasteiger partial charge in [-0.2, -0.15) is 11.3 Å². The number of hydrogen-bond acceptors (Lipinski definition) is 6. The Morgan fingerprint density at radius 2 is 2.10 bits per heavy atom. The number of alkyl carbamates (subject to hydrolysis) is 1. The molecule has 1 amide bonds. The van der Waals surface area contributed by atoms with Crippen LogP contribution in [0.5, 0.6) is 0 Å². The van der Waals surface area contributed by atoms with E-state index in [0.717, 1.165) is 0 Å². The maximum Gasteiger partial charge on any atom is 0.407 e. The molecule has 3 N–H and O–H groups in total. The fourth-order valence-corrected chi connectivity index (χ4v) is 2.48. The number of hydrogen-bond donors (Lipinski definition) is 3. The van der Waals surface area contributed by atoms with Crippen LogP contribution >= 0.6 is 11.3 Å². The molecule has 2 atom stereocenters. The van der Waals surface area contributed by atoms with Gasteiger partial charge in [-0.1, -0.05) is 0 Å². The first-order valence-electron chi connectivity index (χ1n) is 6.59. The van der Waals surface area contributed by atoms with E-state index >= 15 is 0 Å². The van der Waals surface area contributed by atoms with Gasteiger partial charge in [0.1, 0.15) is 11.7 Å². The van der Waals surface area contributed by atoms with Gasteiger partial charge in [0, 0.05) is 23.1 Å². The molecular formula is C14H21NO5S. The topological polar surface area (TPSA) is 95.9 Å². The number of aliphatic hydroxyl groups is 2. The number of carbonyl (C=O) groups excluding carboxylic acids is 2. The van der Waals surface area contributed by atoms with Crippen LogP contribution in [0.15, 0.2) is 10.8 Å². The van der Waals surface area contributed by atoms with Gasteiger partial charge in [0.25, 0.3) is 0 Å². The molecule has 0 aliphatic rings.